The number of nitrogens with one attached hydrogen (secondary N) is 1. The summed E-state index contributed by atoms with van der Waals surface area (Å²) in [6.07, 6.45) is 2.86. The van der Waals surface area contributed by atoms with Crippen LogP contribution in [0.25, 0.3) is 6.08 Å². The van der Waals surface area contributed by atoms with Gasteiger partial charge in [0.05, 0.1) is 5.56 Å². The normalized spacial score (nSPS) is 10.5. The van der Waals surface area contributed by atoms with Crippen LogP contribution in [-0.2, 0) is 4.79 Å². The molecule has 106 valence electrons. The molecule has 0 aliphatic heterocycles. The average molecular weight is 283 g/mol. The summed E-state index contributed by atoms with van der Waals surface area (Å²) in [6, 6.07) is 12.5. The standard InChI is InChI=1S/C16H13NO4/c18-14-6-1-3-11(9-14)7-8-15(19)17-13-5-2-4-12(10-13)16(20)21/h1-10,18H,(H,17,19)(H,20,21). The fourth-order valence-electron chi connectivity index (χ4n) is 1.71. The van der Waals surface area contributed by atoms with Gasteiger partial charge in [0.2, 0.25) is 5.91 Å². The quantitative estimate of drug-likeness (QED) is 0.753. The van der Waals surface area contributed by atoms with Crippen LogP contribution >= 0.6 is 0 Å². The first-order valence-electron chi connectivity index (χ1n) is 6.16. The van der Waals surface area contributed by atoms with E-state index in [1.807, 2.05) is 0 Å². The van der Waals surface area contributed by atoms with Crippen LogP contribution in [0.15, 0.2) is 54.6 Å². The Kier molecular flexibility index (Phi) is 4.36. The van der Waals surface area contributed by atoms with Gasteiger partial charge >= 0.3 is 5.97 Å². The first kappa shape index (κ1) is 14.3. The Hall–Kier alpha value is -3.08. The lowest BCUT2D eigenvalue weighted by Crippen LogP contribution is -2.08. The number of phenols is 1. The zero-order valence-electron chi connectivity index (χ0n) is 11.0. The summed E-state index contributed by atoms with van der Waals surface area (Å²) in [5.41, 5.74) is 1.19. The molecule has 2 aromatic carbocycles. The molecule has 2 aromatic rings. The molecule has 0 spiro atoms. The van der Waals surface area contributed by atoms with Crippen LogP contribution in [-0.4, -0.2) is 22.1 Å². The molecular formula is C16H13NO4. The SMILES string of the molecule is O=C(C=Cc1cccc(O)c1)Nc1cccc(C(=O)O)c1. The summed E-state index contributed by atoms with van der Waals surface area (Å²) < 4.78 is 0. The fraction of sp³-hybridized carbons (Fsp3) is 0. The number of carboxylic acids is 1. The number of anilines is 1. The minimum Gasteiger partial charge on any atom is -0.508 e. The molecule has 0 heterocycles. The Labute approximate surface area is 121 Å². The fourth-order valence-corrected chi connectivity index (χ4v) is 1.71. The van der Waals surface area contributed by atoms with Crippen molar-refractivity contribution in [1.29, 1.82) is 0 Å². The number of hydrogen-bond donors (Lipinski definition) is 3. The lowest BCUT2D eigenvalue weighted by atomic mass is 10.2. The van der Waals surface area contributed by atoms with E-state index in [9.17, 15) is 14.7 Å². The summed E-state index contributed by atoms with van der Waals surface area (Å²) >= 11 is 0. The number of aromatic hydroxyl groups is 1. The maximum absolute atomic E-state index is 11.7. The molecule has 3 N–H and O–H groups in total. The number of benzene rings is 2. The minimum atomic E-state index is -1.05. The molecule has 0 bridgehead atoms. The van der Waals surface area contributed by atoms with E-state index in [4.69, 9.17) is 5.11 Å². The number of carbonyl (C=O) groups is 2. The van der Waals surface area contributed by atoms with Crippen LogP contribution in [0.5, 0.6) is 5.75 Å². The van der Waals surface area contributed by atoms with Gasteiger partial charge in [0, 0.05) is 11.8 Å². The van der Waals surface area contributed by atoms with Crippen molar-refractivity contribution in [3.63, 3.8) is 0 Å². The highest BCUT2D eigenvalue weighted by Crippen LogP contribution is 2.13. The molecule has 0 fully saturated rings. The second kappa shape index (κ2) is 6.38. The zero-order valence-corrected chi connectivity index (χ0v) is 11.0. The average Bonchev–Trinajstić information content (AvgIpc) is 2.45. The Morgan fingerprint density at radius 1 is 1.05 bits per heavy atom. The van der Waals surface area contributed by atoms with E-state index >= 15 is 0 Å². The van der Waals surface area contributed by atoms with Gasteiger partial charge in [-0.1, -0.05) is 18.2 Å². The van der Waals surface area contributed by atoms with Gasteiger partial charge in [-0.15, -0.1) is 0 Å². The number of aromatic carboxylic acids is 1. The second-order valence-electron chi connectivity index (χ2n) is 4.30. The smallest absolute Gasteiger partial charge is 0.335 e. The van der Waals surface area contributed by atoms with Crippen LogP contribution in [0.3, 0.4) is 0 Å². The molecule has 1 amide bonds. The summed E-state index contributed by atoms with van der Waals surface area (Å²) in [4.78, 5) is 22.6. The molecule has 0 aromatic heterocycles. The lowest BCUT2D eigenvalue weighted by molar-refractivity contribution is -0.111. The van der Waals surface area contributed by atoms with Gasteiger partial charge in [0.1, 0.15) is 5.75 Å². The molecule has 0 aliphatic rings. The molecule has 5 nitrogen and oxygen atoms in total. The predicted octanol–water partition coefficient (Wildman–Crippen LogP) is 2.74. The predicted molar refractivity (Wildman–Crippen MR) is 79.2 cm³/mol. The van der Waals surface area contributed by atoms with Gasteiger partial charge in [0.25, 0.3) is 0 Å². The molecule has 0 radical (unpaired) electrons. The highest BCUT2D eigenvalue weighted by Gasteiger charge is 2.04. The van der Waals surface area contributed by atoms with Crippen molar-refractivity contribution < 1.29 is 19.8 Å². The van der Waals surface area contributed by atoms with E-state index in [0.717, 1.165) is 0 Å². The van der Waals surface area contributed by atoms with Gasteiger partial charge in [0.15, 0.2) is 0 Å². The summed E-state index contributed by atoms with van der Waals surface area (Å²) in [6.45, 7) is 0. The van der Waals surface area contributed by atoms with E-state index in [2.05, 4.69) is 5.32 Å². The zero-order chi connectivity index (χ0) is 15.2. The number of carbonyl (C=O) groups excluding carboxylic acids is 1. The van der Waals surface area contributed by atoms with E-state index in [1.54, 1.807) is 30.3 Å². The van der Waals surface area contributed by atoms with Gasteiger partial charge < -0.3 is 15.5 Å². The van der Waals surface area contributed by atoms with Crippen LogP contribution in [0.2, 0.25) is 0 Å². The summed E-state index contributed by atoms with van der Waals surface area (Å²) in [5.74, 6) is -1.32. The first-order chi connectivity index (χ1) is 10.0. The minimum absolute atomic E-state index is 0.102. The first-order valence-corrected chi connectivity index (χ1v) is 6.16. The third-order valence-corrected chi connectivity index (χ3v) is 2.67. The third-order valence-electron chi connectivity index (χ3n) is 2.67. The number of phenolic OH excluding ortho intramolecular Hbond substituents is 1. The second-order valence-corrected chi connectivity index (χ2v) is 4.30. The number of hydrogen-bond acceptors (Lipinski definition) is 3. The highest BCUT2D eigenvalue weighted by molar-refractivity contribution is 6.02. The third kappa shape index (κ3) is 4.21. The highest BCUT2D eigenvalue weighted by atomic mass is 16.4. The number of carboxylic acid groups (broad SMARTS) is 1. The summed E-state index contributed by atoms with van der Waals surface area (Å²) in [5, 5.41) is 20.7. The van der Waals surface area contributed by atoms with E-state index in [1.165, 1.54) is 30.3 Å². The lowest BCUT2D eigenvalue weighted by Gasteiger charge is -2.03. The van der Waals surface area contributed by atoms with Crippen molar-refractivity contribution in [2.75, 3.05) is 5.32 Å². The van der Waals surface area contributed by atoms with E-state index in [-0.39, 0.29) is 17.2 Å². The maximum Gasteiger partial charge on any atom is 0.335 e. The molecule has 2 rings (SSSR count). The van der Waals surface area contributed by atoms with Crippen molar-refractivity contribution >= 4 is 23.6 Å². The van der Waals surface area contributed by atoms with Crippen molar-refractivity contribution in [3.05, 3.63) is 65.7 Å². The molecule has 0 saturated carbocycles. The largest absolute Gasteiger partial charge is 0.508 e. The monoisotopic (exact) mass is 283 g/mol. The topological polar surface area (TPSA) is 86.6 Å². The van der Waals surface area contributed by atoms with Crippen LogP contribution in [0.1, 0.15) is 15.9 Å². The molecule has 0 atom stereocenters. The number of rotatable bonds is 4. The van der Waals surface area contributed by atoms with Crippen LogP contribution < -0.4 is 5.32 Å². The van der Waals surface area contributed by atoms with Crippen LogP contribution in [0, 0.1) is 0 Å². The molecule has 0 aliphatic carbocycles. The molecule has 0 saturated heterocycles. The Morgan fingerprint density at radius 2 is 1.81 bits per heavy atom. The molecular weight excluding hydrogens is 270 g/mol. The van der Waals surface area contributed by atoms with E-state index in [0.29, 0.717) is 11.3 Å². The van der Waals surface area contributed by atoms with Gasteiger partial charge in [-0.25, -0.2) is 4.79 Å². The van der Waals surface area contributed by atoms with Crippen LogP contribution in [0.4, 0.5) is 5.69 Å². The van der Waals surface area contributed by atoms with Crippen molar-refractivity contribution in [2.45, 2.75) is 0 Å². The van der Waals surface area contributed by atoms with Gasteiger partial charge in [-0.3, -0.25) is 4.79 Å². The molecule has 0 unspecified atom stereocenters. The van der Waals surface area contributed by atoms with E-state index < -0.39 is 5.97 Å². The van der Waals surface area contributed by atoms with Gasteiger partial charge in [-0.05, 0) is 42.0 Å². The summed E-state index contributed by atoms with van der Waals surface area (Å²) in [7, 11) is 0. The van der Waals surface area contributed by atoms with Crippen molar-refractivity contribution in [1.82, 2.24) is 0 Å². The maximum atomic E-state index is 11.7. The molecule has 5 heteroatoms. The Bertz CT molecular complexity index is 707. The van der Waals surface area contributed by atoms with Crippen molar-refractivity contribution in [3.8, 4) is 5.75 Å². The van der Waals surface area contributed by atoms with Crippen molar-refractivity contribution in [2.24, 2.45) is 0 Å². The molecule has 21 heavy (non-hydrogen) atoms. The van der Waals surface area contributed by atoms with Gasteiger partial charge in [-0.2, -0.15) is 0 Å². The Morgan fingerprint density at radius 3 is 2.52 bits per heavy atom. The number of amides is 1. The Balaban J connectivity index is 2.05.